The van der Waals surface area contributed by atoms with Crippen LogP contribution in [0.3, 0.4) is 0 Å². The number of aliphatic carboxylic acids is 1. The number of rotatable bonds is 5. The summed E-state index contributed by atoms with van der Waals surface area (Å²) in [7, 11) is 0. The highest BCUT2D eigenvalue weighted by Gasteiger charge is 2.64. The van der Waals surface area contributed by atoms with E-state index in [4.69, 9.17) is 5.11 Å². The Kier molecular flexibility index (Phi) is 5.87. The predicted octanol–water partition coefficient (Wildman–Crippen LogP) is 5.32. The fraction of sp³-hybridized carbons (Fsp3) is 0.923. The molecule has 4 heteroatoms. The van der Waals surface area contributed by atoms with Gasteiger partial charge in [-0.2, -0.15) is 0 Å². The highest BCUT2D eigenvalue weighted by Crippen LogP contribution is 2.69. The minimum absolute atomic E-state index is 0.187. The van der Waals surface area contributed by atoms with E-state index in [2.05, 4.69) is 27.7 Å². The zero-order valence-electron chi connectivity index (χ0n) is 19.4. The molecule has 0 aliphatic heterocycles. The van der Waals surface area contributed by atoms with Gasteiger partial charge in [0.05, 0.1) is 6.10 Å². The number of hydrogen-bond donors (Lipinski definition) is 2. The number of carboxylic acid groups (broad SMARTS) is 1. The SMILES string of the molecule is CC[C@H]1C(O)C2C3CCC([C@H](C)CCC(=O)O)[C@@]3(C)CCC2[C@@]2(C)CCC(=O)C[C@@H]12. The largest absolute Gasteiger partial charge is 0.481 e. The Bertz CT molecular complexity index is 689. The molecule has 0 radical (unpaired) electrons. The highest BCUT2D eigenvalue weighted by molar-refractivity contribution is 5.79. The average molecular weight is 419 g/mol. The first-order valence-electron chi connectivity index (χ1n) is 12.5. The van der Waals surface area contributed by atoms with Crippen molar-refractivity contribution in [2.45, 2.75) is 98.0 Å². The van der Waals surface area contributed by atoms with Crippen molar-refractivity contribution in [3.8, 4) is 0 Å². The molecular formula is C26H42O4. The number of aliphatic hydroxyl groups excluding tert-OH is 1. The van der Waals surface area contributed by atoms with Crippen molar-refractivity contribution in [3.63, 3.8) is 0 Å². The normalized spacial score (nSPS) is 49.1. The average Bonchev–Trinajstić information content (AvgIpc) is 3.05. The molecule has 0 heterocycles. The molecule has 0 aromatic carbocycles. The lowest BCUT2D eigenvalue weighted by Gasteiger charge is -2.64. The Balaban J connectivity index is 1.62. The molecule has 4 rings (SSSR count). The van der Waals surface area contributed by atoms with Gasteiger partial charge >= 0.3 is 5.97 Å². The Hall–Kier alpha value is -0.900. The van der Waals surface area contributed by atoms with Crippen LogP contribution in [0.5, 0.6) is 0 Å². The molecule has 170 valence electrons. The number of carbonyl (C=O) groups is 2. The molecule has 2 N–H and O–H groups in total. The van der Waals surface area contributed by atoms with Crippen LogP contribution in [-0.4, -0.2) is 28.1 Å². The molecule has 4 nitrogen and oxygen atoms in total. The van der Waals surface area contributed by atoms with E-state index in [9.17, 15) is 14.7 Å². The minimum atomic E-state index is -0.690. The van der Waals surface area contributed by atoms with Gasteiger partial charge in [-0.3, -0.25) is 9.59 Å². The molecular weight excluding hydrogens is 376 g/mol. The second kappa shape index (κ2) is 7.90. The number of carboxylic acids is 1. The standard InChI is InChI=1S/C26H42O4/c1-5-17-21-14-16(27)10-12-26(21,4)20-11-13-25(3)18(15(2)6-9-22(28)29)7-8-19(25)23(20)24(17)30/h15,17-21,23-24,30H,5-14H2,1-4H3,(H,28,29)/t15-,17-,18?,19?,20?,21+,23?,24?,25-,26-/m1/s1. The van der Waals surface area contributed by atoms with E-state index < -0.39 is 5.97 Å². The maximum absolute atomic E-state index is 12.3. The van der Waals surface area contributed by atoms with Crippen molar-refractivity contribution >= 4 is 11.8 Å². The summed E-state index contributed by atoms with van der Waals surface area (Å²) >= 11 is 0. The highest BCUT2D eigenvalue weighted by atomic mass is 16.4. The van der Waals surface area contributed by atoms with Gasteiger partial charge in [0, 0.05) is 19.3 Å². The van der Waals surface area contributed by atoms with Crippen molar-refractivity contribution in [1.82, 2.24) is 0 Å². The van der Waals surface area contributed by atoms with E-state index in [0.29, 0.717) is 47.7 Å². The Morgan fingerprint density at radius 1 is 1.10 bits per heavy atom. The lowest BCUT2D eigenvalue weighted by Crippen LogP contribution is -2.61. The van der Waals surface area contributed by atoms with E-state index in [-0.39, 0.29) is 29.3 Å². The van der Waals surface area contributed by atoms with Crippen LogP contribution in [0, 0.1) is 52.3 Å². The number of fused-ring (bicyclic) bond motifs is 5. The van der Waals surface area contributed by atoms with Crippen LogP contribution in [0.1, 0.15) is 91.9 Å². The Labute approximate surface area is 182 Å². The molecule has 0 aromatic heterocycles. The van der Waals surface area contributed by atoms with Crippen LogP contribution in [-0.2, 0) is 9.59 Å². The summed E-state index contributed by atoms with van der Waals surface area (Å²) in [6.07, 6.45) is 8.79. The molecule has 10 atom stereocenters. The lowest BCUT2D eigenvalue weighted by molar-refractivity contribution is -0.194. The summed E-state index contributed by atoms with van der Waals surface area (Å²) in [4.78, 5) is 23.4. The molecule has 0 saturated heterocycles. The molecule has 5 unspecified atom stereocenters. The summed E-state index contributed by atoms with van der Waals surface area (Å²) in [5.74, 6) is 2.69. The minimum Gasteiger partial charge on any atom is -0.481 e. The first-order chi connectivity index (χ1) is 14.1. The van der Waals surface area contributed by atoms with Gasteiger partial charge in [0.25, 0.3) is 0 Å². The molecule has 30 heavy (non-hydrogen) atoms. The van der Waals surface area contributed by atoms with Gasteiger partial charge in [-0.05, 0) is 90.8 Å². The van der Waals surface area contributed by atoms with Gasteiger partial charge in [0.15, 0.2) is 0 Å². The molecule has 4 fully saturated rings. The molecule has 0 amide bonds. The smallest absolute Gasteiger partial charge is 0.303 e. The zero-order chi connectivity index (χ0) is 21.8. The summed E-state index contributed by atoms with van der Waals surface area (Å²) < 4.78 is 0. The Morgan fingerprint density at radius 3 is 2.47 bits per heavy atom. The van der Waals surface area contributed by atoms with Crippen LogP contribution >= 0.6 is 0 Å². The van der Waals surface area contributed by atoms with Crippen molar-refractivity contribution in [3.05, 3.63) is 0 Å². The summed E-state index contributed by atoms with van der Waals surface area (Å²) in [5.41, 5.74) is 0.402. The summed E-state index contributed by atoms with van der Waals surface area (Å²) in [6, 6.07) is 0. The van der Waals surface area contributed by atoms with Crippen LogP contribution in [0.25, 0.3) is 0 Å². The van der Waals surface area contributed by atoms with Gasteiger partial charge in [0.1, 0.15) is 5.78 Å². The van der Waals surface area contributed by atoms with Crippen LogP contribution in [0.2, 0.25) is 0 Å². The first-order valence-corrected chi connectivity index (χ1v) is 12.5. The van der Waals surface area contributed by atoms with E-state index in [0.717, 1.165) is 32.1 Å². The fourth-order valence-electron chi connectivity index (χ4n) is 9.29. The van der Waals surface area contributed by atoms with Gasteiger partial charge in [-0.15, -0.1) is 0 Å². The van der Waals surface area contributed by atoms with Gasteiger partial charge in [-0.25, -0.2) is 0 Å². The molecule has 0 bridgehead atoms. The number of aliphatic hydroxyl groups is 1. The van der Waals surface area contributed by atoms with E-state index in [1.165, 1.54) is 19.3 Å². The molecule has 4 saturated carbocycles. The second-order valence-corrected chi connectivity index (χ2v) is 11.8. The number of hydrogen-bond acceptors (Lipinski definition) is 3. The monoisotopic (exact) mass is 418 g/mol. The quantitative estimate of drug-likeness (QED) is 0.633. The second-order valence-electron chi connectivity index (χ2n) is 11.8. The number of Topliss-reactive ketones (excluding diaryl/α,β-unsaturated/α-hetero) is 1. The van der Waals surface area contributed by atoms with E-state index >= 15 is 0 Å². The lowest BCUT2D eigenvalue weighted by atomic mass is 9.41. The van der Waals surface area contributed by atoms with Crippen LogP contribution < -0.4 is 0 Å². The molecule has 0 aromatic rings. The zero-order valence-corrected chi connectivity index (χ0v) is 19.4. The topological polar surface area (TPSA) is 74.6 Å². The van der Waals surface area contributed by atoms with Crippen molar-refractivity contribution in [2.75, 3.05) is 0 Å². The van der Waals surface area contributed by atoms with E-state index in [1.54, 1.807) is 0 Å². The maximum Gasteiger partial charge on any atom is 0.303 e. The van der Waals surface area contributed by atoms with Crippen LogP contribution in [0.15, 0.2) is 0 Å². The fourth-order valence-corrected chi connectivity index (χ4v) is 9.29. The first kappa shape index (κ1) is 22.3. The third-order valence-electron chi connectivity index (χ3n) is 10.8. The molecule has 4 aliphatic rings. The van der Waals surface area contributed by atoms with Crippen molar-refractivity contribution in [1.29, 1.82) is 0 Å². The third kappa shape index (κ3) is 3.27. The summed E-state index contributed by atoms with van der Waals surface area (Å²) in [5, 5.41) is 20.8. The predicted molar refractivity (Wildman–Crippen MR) is 117 cm³/mol. The summed E-state index contributed by atoms with van der Waals surface area (Å²) in [6.45, 7) is 9.35. The van der Waals surface area contributed by atoms with Crippen molar-refractivity contribution in [2.24, 2.45) is 52.3 Å². The number of ketones is 1. The van der Waals surface area contributed by atoms with Crippen molar-refractivity contribution < 1.29 is 19.8 Å². The van der Waals surface area contributed by atoms with Gasteiger partial charge in [-0.1, -0.05) is 34.1 Å². The van der Waals surface area contributed by atoms with Crippen LogP contribution in [0.4, 0.5) is 0 Å². The molecule has 4 aliphatic carbocycles. The Morgan fingerprint density at radius 2 is 1.80 bits per heavy atom. The van der Waals surface area contributed by atoms with E-state index in [1.807, 2.05) is 0 Å². The molecule has 0 spiro atoms. The van der Waals surface area contributed by atoms with Gasteiger partial charge < -0.3 is 10.2 Å². The maximum atomic E-state index is 12.3. The number of carbonyl (C=O) groups excluding carboxylic acids is 1. The van der Waals surface area contributed by atoms with Gasteiger partial charge in [0.2, 0.25) is 0 Å². The third-order valence-corrected chi connectivity index (χ3v) is 10.8.